The van der Waals surface area contributed by atoms with E-state index in [-0.39, 0.29) is 11.1 Å². The molecule has 0 aliphatic carbocycles. The lowest BCUT2D eigenvalue weighted by molar-refractivity contribution is 0.412. The Balaban J connectivity index is 1.76. The van der Waals surface area contributed by atoms with Crippen molar-refractivity contribution >= 4 is 32.6 Å². The van der Waals surface area contributed by atoms with Crippen molar-refractivity contribution in [2.75, 3.05) is 7.11 Å². The lowest BCUT2D eigenvalue weighted by Crippen LogP contribution is -2.20. The maximum Gasteiger partial charge on any atom is 0.285 e. The number of aryl methyl sites for hydroxylation is 1. The minimum absolute atomic E-state index is 0.237. The van der Waals surface area contributed by atoms with E-state index in [1.54, 1.807) is 17.8 Å². The monoisotopic (exact) mass is 461 g/mol. The van der Waals surface area contributed by atoms with Crippen LogP contribution in [0.4, 0.5) is 0 Å². The van der Waals surface area contributed by atoms with Gasteiger partial charge in [-0.15, -0.1) is 10.2 Å². The number of hydrogen-bond acceptors (Lipinski definition) is 5. The Morgan fingerprint density at radius 1 is 1.00 bits per heavy atom. The standard InChI is InChI=1S/C22H16BrN5O2/c1-13-19(14-7-9-15(23)10-8-14)21-25-24-20-17(28(21)26-13)11-12-27(22(20)29)16-5-3-4-6-18(16)30-2/h3-12H,1-2H3. The Kier molecular flexibility index (Phi) is 4.36. The van der Waals surface area contributed by atoms with Crippen LogP contribution in [0, 0.1) is 6.92 Å². The van der Waals surface area contributed by atoms with Crippen molar-refractivity contribution in [1.29, 1.82) is 0 Å². The predicted molar refractivity (Wildman–Crippen MR) is 118 cm³/mol. The van der Waals surface area contributed by atoms with Gasteiger partial charge in [0.25, 0.3) is 5.56 Å². The summed E-state index contributed by atoms with van der Waals surface area (Å²) >= 11 is 3.46. The van der Waals surface area contributed by atoms with E-state index in [1.165, 1.54) is 4.57 Å². The number of hydrogen-bond donors (Lipinski definition) is 0. The predicted octanol–water partition coefficient (Wildman–Crippen LogP) is 4.17. The summed E-state index contributed by atoms with van der Waals surface area (Å²) in [5, 5.41) is 13.3. The number of benzene rings is 2. The molecule has 0 spiro atoms. The fourth-order valence-corrected chi connectivity index (χ4v) is 3.89. The number of ether oxygens (including phenoxy) is 1. The van der Waals surface area contributed by atoms with E-state index in [2.05, 4.69) is 31.2 Å². The molecule has 7 nitrogen and oxygen atoms in total. The Bertz CT molecular complexity index is 1470. The number of para-hydroxylation sites is 2. The molecule has 3 aromatic heterocycles. The molecule has 8 heteroatoms. The largest absolute Gasteiger partial charge is 0.495 e. The number of halogens is 1. The van der Waals surface area contributed by atoms with Gasteiger partial charge in [0.2, 0.25) is 0 Å². The van der Waals surface area contributed by atoms with E-state index in [0.29, 0.717) is 22.6 Å². The molecule has 30 heavy (non-hydrogen) atoms. The minimum atomic E-state index is -0.287. The molecule has 0 fully saturated rings. The molecule has 0 aliphatic rings. The highest BCUT2D eigenvalue weighted by Crippen LogP contribution is 2.29. The molecular weight excluding hydrogens is 446 g/mol. The van der Waals surface area contributed by atoms with Gasteiger partial charge in [-0.3, -0.25) is 9.36 Å². The molecule has 0 aliphatic heterocycles. The van der Waals surface area contributed by atoms with Crippen LogP contribution in [-0.2, 0) is 0 Å². The third-order valence-corrected chi connectivity index (χ3v) is 5.56. The molecule has 0 amide bonds. The van der Waals surface area contributed by atoms with Gasteiger partial charge in [-0.1, -0.05) is 40.2 Å². The average molecular weight is 462 g/mol. The molecule has 5 rings (SSSR count). The smallest absolute Gasteiger partial charge is 0.285 e. The summed E-state index contributed by atoms with van der Waals surface area (Å²) < 4.78 is 9.58. The van der Waals surface area contributed by atoms with Gasteiger partial charge in [0.1, 0.15) is 11.3 Å². The molecule has 3 heterocycles. The average Bonchev–Trinajstić information content (AvgIpc) is 3.11. The van der Waals surface area contributed by atoms with Gasteiger partial charge in [-0.05, 0) is 42.8 Å². The highest BCUT2D eigenvalue weighted by atomic mass is 79.9. The molecule has 0 unspecified atom stereocenters. The molecule has 0 N–H and O–H groups in total. The zero-order valence-electron chi connectivity index (χ0n) is 16.2. The first-order valence-electron chi connectivity index (χ1n) is 9.25. The van der Waals surface area contributed by atoms with Crippen molar-refractivity contribution < 1.29 is 4.74 Å². The van der Waals surface area contributed by atoms with Crippen LogP contribution in [0.5, 0.6) is 5.75 Å². The fourth-order valence-electron chi connectivity index (χ4n) is 3.63. The SMILES string of the molecule is COc1ccccc1-n1ccc2c(nnc3c(-c4ccc(Br)cc4)c(C)nn32)c1=O. The van der Waals surface area contributed by atoms with Crippen LogP contribution in [0.2, 0.25) is 0 Å². The van der Waals surface area contributed by atoms with Crippen molar-refractivity contribution in [3.63, 3.8) is 0 Å². The second kappa shape index (κ2) is 7.07. The topological polar surface area (TPSA) is 74.3 Å². The van der Waals surface area contributed by atoms with E-state index < -0.39 is 0 Å². The van der Waals surface area contributed by atoms with E-state index in [9.17, 15) is 4.79 Å². The van der Waals surface area contributed by atoms with E-state index in [4.69, 9.17) is 4.74 Å². The van der Waals surface area contributed by atoms with E-state index in [1.807, 2.05) is 61.5 Å². The number of fused-ring (bicyclic) bond motifs is 3. The van der Waals surface area contributed by atoms with Gasteiger partial charge in [-0.25, -0.2) is 4.52 Å². The number of rotatable bonds is 3. The number of methoxy groups -OCH3 is 1. The first kappa shape index (κ1) is 18.5. The van der Waals surface area contributed by atoms with Gasteiger partial charge in [-0.2, -0.15) is 5.10 Å². The van der Waals surface area contributed by atoms with Crippen molar-refractivity contribution in [2.45, 2.75) is 6.92 Å². The summed E-state index contributed by atoms with van der Waals surface area (Å²) in [4.78, 5) is 13.2. The zero-order valence-corrected chi connectivity index (χ0v) is 17.8. The van der Waals surface area contributed by atoms with Crippen molar-refractivity contribution in [1.82, 2.24) is 24.4 Å². The van der Waals surface area contributed by atoms with E-state index >= 15 is 0 Å². The van der Waals surface area contributed by atoms with Crippen LogP contribution in [0.3, 0.4) is 0 Å². The Morgan fingerprint density at radius 2 is 1.77 bits per heavy atom. The summed E-state index contributed by atoms with van der Waals surface area (Å²) in [5.41, 5.74) is 4.49. The van der Waals surface area contributed by atoms with Gasteiger partial charge in [0, 0.05) is 10.7 Å². The molecule has 2 aromatic carbocycles. The van der Waals surface area contributed by atoms with Crippen LogP contribution in [-0.4, -0.2) is 31.5 Å². The first-order valence-corrected chi connectivity index (χ1v) is 10.0. The maximum atomic E-state index is 13.2. The van der Waals surface area contributed by atoms with Crippen LogP contribution in [0.15, 0.2) is 70.1 Å². The fraction of sp³-hybridized carbons (Fsp3) is 0.0909. The molecule has 148 valence electrons. The maximum absolute atomic E-state index is 13.2. The molecule has 0 bridgehead atoms. The summed E-state index contributed by atoms with van der Waals surface area (Å²) in [6, 6.07) is 17.1. The number of nitrogens with zero attached hydrogens (tertiary/aromatic N) is 5. The zero-order chi connectivity index (χ0) is 20.8. The number of aromatic nitrogens is 5. The van der Waals surface area contributed by atoms with Crippen LogP contribution >= 0.6 is 15.9 Å². The molecular formula is C22H16BrN5O2. The highest BCUT2D eigenvalue weighted by molar-refractivity contribution is 9.10. The lowest BCUT2D eigenvalue weighted by atomic mass is 10.1. The van der Waals surface area contributed by atoms with Gasteiger partial charge >= 0.3 is 0 Å². The summed E-state index contributed by atoms with van der Waals surface area (Å²) in [5.74, 6) is 0.598. The van der Waals surface area contributed by atoms with Crippen molar-refractivity contribution in [3.05, 3.63) is 81.3 Å². The first-order chi connectivity index (χ1) is 14.6. The van der Waals surface area contributed by atoms with Crippen molar-refractivity contribution in [3.8, 4) is 22.6 Å². The van der Waals surface area contributed by atoms with Crippen molar-refractivity contribution in [2.24, 2.45) is 0 Å². The highest BCUT2D eigenvalue weighted by Gasteiger charge is 2.18. The molecule has 0 saturated heterocycles. The third kappa shape index (κ3) is 2.80. The third-order valence-electron chi connectivity index (χ3n) is 5.03. The number of pyridine rings is 1. The van der Waals surface area contributed by atoms with Crippen LogP contribution in [0.25, 0.3) is 33.5 Å². The Morgan fingerprint density at radius 3 is 2.53 bits per heavy atom. The Labute approximate surface area is 179 Å². The van der Waals surface area contributed by atoms with Gasteiger partial charge in [0.15, 0.2) is 11.2 Å². The minimum Gasteiger partial charge on any atom is -0.495 e. The molecule has 0 saturated carbocycles. The second-order valence-electron chi connectivity index (χ2n) is 6.80. The van der Waals surface area contributed by atoms with Crippen LogP contribution in [0.1, 0.15) is 5.69 Å². The molecule has 5 aromatic rings. The normalized spacial score (nSPS) is 11.3. The van der Waals surface area contributed by atoms with E-state index in [0.717, 1.165) is 21.3 Å². The second-order valence-corrected chi connectivity index (χ2v) is 7.71. The summed E-state index contributed by atoms with van der Waals surface area (Å²) in [6.45, 7) is 1.92. The quantitative estimate of drug-likeness (QED) is 0.402. The summed E-state index contributed by atoms with van der Waals surface area (Å²) in [6.07, 6.45) is 1.71. The van der Waals surface area contributed by atoms with Gasteiger partial charge < -0.3 is 4.74 Å². The summed E-state index contributed by atoms with van der Waals surface area (Å²) in [7, 11) is 1.57. The molecule has 0 atom stereocenters. The Hall–Kier alpha value is -3.52. The van der Waals surface area contributed by atoms with Crippen LogP contribution < -0.4 is 10.3 Å². The lowest BCUT2D eigenvalue weighted by Gasteiger charge is -2.11. The van der Waals surface area contributed by atoms with Gasteiger partial charge in [0.05, 0.1) is 24.1 Å². The molecule has 0 radical (unpaired) electrons.